The average Bonchev–Trinajstić information content (AvgIpc) is 2.97. The van der Waals surface area contributed by atoms with Crippen LogP contribution in [0.2, 0.25) is 0 Å². The van der Waals surface area contributed by atoms with Gasteiger partial charge in [0.05, 0.1) is 17.0 Å². The van der Waals surface area contributed by atoms with Crippen LogP contribution in [0.15, 0.2) is 4.79 Å². The maximum atomic E-state index is 12.8. The van der Waals surface area contributed by atoms with Crippen molar-refractivity contribution < 1.29 is 4.79 Å². The van der Waals surface area contributed by atoms with Crippen LogP contribution in [0.25, 0.3) is 10.6 Å². The predicted molar refractivity (Wildman–Crippen MR) is 103 cm³/mol. The first-order valence-electron chi connectivity index (χ1n) is 8.86. The van der Waals surface area contributed by atoms with E-state index < -0.39 is 0 Å². The molecule has 1 fully saturated rings. The van der Waals surface area contributed by atoms with Gasteiger partial charge in [0.2, 0.25) is 0 Å². The molecule has 0 radical (unpaired) electrons. The van der Waals surface area contributed by atoms with E-state index in [9.17, 15) is 9.59 Å². The Morgan fingerprint density at radius 2 is 2.04 bits per heavy atom. The van der Waals surface area contributed by atoms with Crippen LogP contribution in [0.1, 0.15) is 46.4 Å². The number of aryl methyl sites for hydroxylation is 3. The molecule has 2 aromatic heterocycles. The number of aromatic nitrogens is 3. The van der Waals surface area contributed by atoms with Crippen molar-refractivity contribution in [1.29, 1.82) is 0 Å². The lowest BCUT2D eigenvalue weighted by atomic mass is 10.00. The number of piperidine rings is 1. The number of thiazole rings is 1. The third kappa shape index (κ3) is 3.43. The van der Waals surface area contributed by atoms with Crippen molar-refractivity contribution >= 4 is 17.2 Å². The van der Waals surface area contributed by atoms with Crippen molar-refractivity contribution in [3.05, 3.63) is 32.2 Å². The fraction of sp³-hybridized carbons (Fsp3) is 0.556. The highest BCUT2D eigenvalue weighted by molar-refractivity contribution is 7.17. The molecule has 3 rings (SSSR count). The van der Waals surface area contributed by atoms with Gasteiger partial charge in [-0.2, -0.15) is 5.10 Å². The van der Waals surface area contributed by atoms with Crippen LogP contribution < -0.4 is 16.2 Å². The first-order chi connectivity index (χ1) is 12.3. The molecule has 7 nitrogen and oxygen atoms in total. The van der Waals surface area contributed by atoms with Gasteiger partial charge in [0.25, 0.3) is 11.5 Å². The number of rotatable bonds is 3. The quantitative estimate of drug-likeness (QED) is 0.852. The molecule has 1 aliphatic heterocycles. The third-order valence-corrected chi connectivity index (χ3v) is 6.19. The van der Waals surface area contributed by atoms with Crippen LogP contribution in [-0.2, 0) is 7.05 Å². The van der Waals surface area contributed by atoms with Crippen LogP contribution in [0, 0.1) is 20.8 Å². The zero-order chi connectivity index (χ0) is 19.0. The highest BCUT2D eigenvalue weighted by Gasteiger charge is 2.26. The highest BCUT2D eigenvalue weighted by atomic mass is 32.1. The third-order valence-electron chi connectivity index (χ3n) is 5.02. The lowest BCUT2D eigenvalue weighted by molar-refractivity contribution is 0.0923. The number of nitrogens with zero attached hydrogens (tertiary/aromatic N) is 3. The second-order valence-electron chi connectivity index (χ2n) is 6.91. The molecule has 26 heavy (non-hydrogen) atoms. The van der Waals surface area contributed by atoms with Crippen molar-refractivity contribution in [2.24, 2.45) is 7.05 Å². The SMILES string of the molecule is Cc1nc(-c2c(C)c(C)nn(C)c2=O)sc1C(=O)NC1CCCNC1C. The van der Waals surface area contributed by atoms with Crippen molar-refractivity contribution in [2.75, 3.05) is 6.54 Å². The van der Waals surface area contributed by atoms with E-state index in [-0.39, 0.29) is 23.6 Å². The van der Waals surface area contributed by atoms with Gasteiger partial charge in [0, 0.05) is 19.1 Å². The Bertz CT molecular complexity index is 902. The maximum Gasteiger partial charge on any atom is 0.277 e. The minimum absolute atomic E-state index is 0.110. The summed E-state index contributed by atoms with van der Waals surface area (Å²) in [6, 6.07) is 0.358. The number of carbonyl (C=O) groups excluding carboxylic acids is 1. The number of carbonyl (C=O) groups is 1. The Balaban J connectivity index is 1.93. The second kappa shape index (κ2) is 7.28. The molecule has 1 saturated heterocycles. The van der Waals surface area contributed by atoms with Gasteiger partial charge in [-0.25, -0.2) is 9.67 Å². The van der Waals surface area contributed by atoms with E-state index in [0.29, 0.717) is 21.1 Å². The maximum absolute atomic E-state index is 12.8. The zero-order valence-electron chi connectivity index (χ0n) is 15.8. The molecule has 3 heterocycles. The summed E-state index contributed by atoms with van der Waals surface area (Å²) in [4.78, 5) is 30.4. The Morgan fingerprint density at radius 3 is 2.73 bits per heavy atom. The summed E-state index contributed by atoms with van der Waals surface area (Å²) in [6.45, 7) is 8.61. The average molecular weight is 375 g/mol. The molecular formula is C18H25N5O2S. The van der Waals surface area contributed by atoms with Crippen LogP contribution in [-0.4, -0.2) is 39.3 Å². The molecule has 8 heteroatoms. The van der Waals surface area contributed by atoms with Crippen molar-refractivity contribution in [2.45, 2.75) is 52.6 Å². The predicted octanol–water partition coefficient (Wildman–Crippen LogP) is 1.70. The summed E-state index contributed by atoms with van der Waals surface area (Å²) < 4.78 is 1.32. The van der Waals surface area contributed by atoms with E-state index in [4.69, 9.17) is 0 Å². The molecule has 2 atom stereocenters. The van der Waals surface area contributed by atoms with E-state index in [0.717, 1.165) is 30.6 Å². The molecular weight excluding hydrogens is 350 g/mol. The molecule has 140 valence electrons. The van der Waals surface area contributed by atoms with Crippen molar-refractivity contribution in [3.8, 4) is 10.6 Å². The summed E-state index contributed by atoms with van der Waals surface area (Å²) in [5.41, 5.74) is 2.57. The van der Waals surface area contributed by atoms with Crippen LogP contribution in [0.5, 0.6) is 0 Å². The Hall–Kier alpha value is -2.06. The Kier molecular flexibility index (Phi) is 5.24. The van der Waals surface area contributed by atoms with E-state index in [1.54, 1.807) is 7.05 Å². The zero-order valence-corrected chi connectivity index (χ0v) is 16.7. The van der Waals surface area contributed by atoms with Crippen LogP contribution >= 0.6 is 11.3 Å². The molecule has 2 N–H and O–H groups in total. The lowest BCUT2D eigenvalue weighted by Crippen LogP contribution is -2.51. The van der Waals surface area contributed by atoms with Gasteiger partial charge in [0.1, 0.15) is 9.88 Å². The lowest BCUT2D eigenvalue weighted by Gasteiger charge is -2.30. The van der Waals surface area contributed by atoms with Crippen molar-refractivity contribution in [3.63, 3.8) is 0 Å². The molecule has 0 saturated carbocycles. The monoisotopic (exact) mass is 375 g/mol. The molecule has 2 aromatic rings. The summed E-state index contributed by atoms with van der Waals surface area (Å²) in [5, 5.41) is 11.3. The van der Waals surface area contributed by atoms with Crippen molar-refractivity contribution in [1.82, 2.24) is 25.4 Å². The summed E-state index contributed by atoms with van der Waals surface area (Å²) in [6.07, 6.45) is 2.02. The Labute approximate surface area is 156 Å². The molecule has 0 aromatic carbocycles. The van der Waals surface area contributed by atoms with Gasteiger partial charge in [-0.15, -0.1) is 11.3 Å². The number of amides is 1. The van der Waals surface area contributed by atoms with E-state index in [1.165, 1.54) is 16.0 Å². The number of hydrogen-bond donors (Lipinski definition) is 2. The molecule has 0 spiro atoms. The molecule has 0 bridgehead atoms. The number of hydrogen-bond acceptors (Lipinski definition) is 6. The Morgan fingerprint density at radius 1 is 1.31 bits per heavy atom. The summed E-state index contributed by atoms with van der Waals surface area (Å²) in [7, 11) is 1.63. The largest absolute Gasteiger partial charge is 0.347 e. The first-order valence-corrected chi connectivity index (χ1v) is 9.67. The molecule has 0 aliphatic carbocycles. The van der Waals surface area contributed by atoms with Gasteiger partial charge >= 0.3 is 0 Å². The smallest absolute Gasteiger partial charge is 0.277 e. The molecule has 1 aliphatic rings. The fourth-order valence-corrected chi connectivity index (χ4v) is 4.35. The number of nitrogens with one attached hydrogen (secondary N) is 2. The normalized spacial score (nSPS) is 20.2. The van der Waals surface area contributed by atoms with E-state index in [2.05, 4.69) is 27.6 Å². The van der Waals surface area contributed by atoms with E-state index >= 15 is 0 Å². The molecule has 1 amide bonds. The van der Waals surface area contributed by atoms with Gasteiger partial charge < -0.3 is 10.6 Å². The van der Waals surface area contributed by atoms with Gasteiger partial charge in [-0.3, -0.25) is 9.59 Å². The topological polar surface area (TPSA) is 88.9 Å². The summed E-state index contributed by atoms with van der Waals surface area (Å²) in [5.74, 6) is -0.118. The van der Waals surface area contributed by atoms with Crippen LogP contribution in [0.3, 0.4) is 0 Å². The van der Waals surface area contributed by atoms with Crippen LogP contribution in [0.4, 0.5) is 0 Å². The fourth-order valence-electron chi connectivity index (χ4n) is 3.29. The minimum Gasteiger partial charge on any atom is -0.347 e. The summed E-state index contributed by atoms with van der Waals surface area (Å²) >= 11 is 1.27. The van der Waals surface area contributed by atoms with Gasteiger partial charge in [-0.05, 0) is 52.6 Å². The van der Waals surface area contributed by atoms with E-state index in [1.807, 2.05) is 20.8 Å². The first kappa shape index (κ1) is 18.7. The standard InChI is InChI=1S/C18H25N5O2S/c1-9-10(2)22-23(5)18(25)14(9)17-20-12(4)15(26-17)16(24)21-13-7-6-8-19-11(13)3/h11,13,19H,6-8H2,1-5H3,(H,21,24). The minimum atomic E-state index is -0.195. The van der Waals surface area contributed by atoms with Gasteiger partial charge in [0.15, 0.2) is 0 Å². The second-order valence-corrected chi connectivity index (χ2v) is 7.91. The van der Waals surface area contributed by atoms with Gasteiger partial charge in [-0.1, -0.05) is 0 Å². The highest BCUT2D eigenvalue weighted by Crippen LogP contribution is 2.28. The molecule has 2 unspecified atom stereocenters.